The first kappa shape index (κ1) is 13.3. The molecule has 0 aliphatic carbocycles. The maximum Gasteiger partial charge on any atom is 0.351 e. The number of aliphatic carboxylic acids is 1. The fourth-order valence-electron chi connectivity index (χ4n) is 1.07. The SMILES string of the molecule is C/C(=N\NC/C=C/c1cccc(Cl)c1)C(=O)O. The van der Waals surface area contributed by atoms with Crippen molar-refractivity contribution in [2.75, 3.05) is 6.54 Å². The molecule has 17 heavy (non-hydrogen) atoms. The van der Waals surface area contributed by atoms with Gasteiger partial charge in [0.25, 0.3) is 0 Å². The van der Waals surface area contributed by atoms with Gasteiger partial charge in [-0.05, 0) is 24.6 Å². The van der Waals surface area contributed by atoms with Gasteiger partial charge in [-0.2, -0.15) is 5.10 Å². The summed E-state index contributed by atoms with van der Waals surface area (Å²) in [5.41, 5.74) is 3.65. The van der Waals surface area contributed by atoms with E-state index in [1.54, 1.807) is 6.07 Å². The first-order valence-electron chi connectivity index (χ1n) is 5.02. The van der Waals surface area contributed by atoms with Gasteiger partial charge in [-0.1, -0.05) is 35.9 Å². The van der Waals surface area contributed by atoms with Gasteiger partial charge in [-0.3, -0.25) is 0 Å². The summed E-state index contributed by atoms with van der Waals surface area (Å²) in [5, 5.41) is 12.9. The Labute approximate surface area is 105 Å². The zero-order chi connectivity index (χ0) is 12.7. The molecule has 0 heterocycles. The van der Waals surface area contributed by atoms with E-state index in [9.17, 15) is 4.79 Å². The minimum absolute atomic E-state index is 0.0288. The molecule has 0 saturated heterocycles. The molecular formula is C12H13ClN2O2. The van der Waals surface area contributed by atoms with Gasteiger partial charge >= 0.3 is 5.97 Å². The number of nitrogens with zero attached hydrogens (tertiary/aromatic N) is 1. The summed E-state index contributed by atoms with van der Waals surface area (Å²) in [5.74, 6) is -1.03. The van der Waals surface area contributed by atoms with Crippen LogP contribution in [0.25, 0.3) is 6.08 Å². The average Bonchev–Trinajstić information content (AvgIpc) is 2.28. The number of hydrogen-bond acceptors (Lipinski definition) is 3. The molecule has 1 aromatic carbocycles. The molecule has 0 radical (unpaired) electrons. The smallest absolute Gasteiger partial charge is 0.351 e. The van der Waals surface area contributed by atoms with E-state index in [1.165, 1.54) is 6.92 Å². The van der Waals surface area contributed by atoms with E-state index in [4.69, 9.17) is 16.7 Å². The van der Waals surface area contributed by atoms with Crippen molar-refractivity contribution in [3.8, 4) is 0 Å². The molecule has 0 saturated carbocycles. The summed E-state index contributed by atoms with van der Waals surface area (Å²) in [6.07, 6.45) is 3.72. The van der Waals surface area contributed by atoms with Crippen LogP contribution in [0.3, 0.4) is 0 Å². The van der Waals surface area contributed by atoms with Crippen molar-refractivity contribution < 1.29 is 9.90 Å². The Morgan fingerprint density at radius 1 is 1.59 bits per heavy atom. The highest BCUT2D eigenvalue weighted by Crippen LogP contribution is 2.11. The van der Waals surface area contributed by atoms with E-state index in [-0.39, 0.29) is 5.71 Å². The molecule has 1 rings (SSSR count). The number of carboxylic acid groups (broad SMARTS) is 1. The number of carboxylic acids is 1. The van der Waals surface area contributed by atoms with Gasteiger partial charge < -0.3 is 10.5 Å². The summed E-state index contributed by atoms with van der Waals surface area (Å²) in [7, 11) is 0. The second-order valence-electron chi connectivity index (χ2n) is 3.32. The largest absolute Gasteiger partial charge is 0.477 e. The van der Waals surface area contributed by atoms with Gasteiger partial charge in [0, 0.05) is 5.02 Å². The summed E-state index contributed by atoms with van der Waals surface area (Å²) in [6.45, 7) is 1.88. The number of rotatable bonds is 5. The molecule has 2 N–H and O–H groups in total. The van der Waals surface area contributed by atoms with Crippen LogP contribution >= 0.6 is 11.6 Å². The third kappa shape index (κ3) is 5.17. The topological polar surface area (TPSA) is 61.7 Å². The maximum absolute atomic E-state index is 10.4. The number of hydrazone groups is 1. The molecule has 5 heteroatoms. The number of halogens is 1. The fraction of sp³-hybridized carbons (Fsp3) is 0.167. The molecule has 0 aromatic heterocycles. The van der Waals surface area contributed by atoms with Crippen LogP contribution in [0.1, 0.15) is 12.5 Å². The van der Waals surface area contributed by atoms with Gasteiger partial charge in [0.2, 0.25) is 0 Å². The first-order valence-corrected chi connectivity index (χ1v) is 5.40. The van der Waals surface area contributed by atoms with E-state index >= 15 is 0 Å². The van der Waals surface area contributed by atoms with Gasteiger partial charge in [-0.15, -0.1) is 0 Å². The Kier molecular flexibility index (Phi) is 5.23. The highest BCUT2D eigenvalue weighted by atomic mass is 35.5. The Hall–Kier alpha value is -1.81. The lowest BCUT2D eigenvalue weighted by atomic mass is 10.2. The normalized spacial score (nSPS) is 11.8. The van der Waals surface area contributed by atoms with Crippen LogP contribution in [0.2, 0.25) is 5.02 Å². The molecule has 0 amide bonds. The Morgan fingerprint density at radius 2 is 2.35 bits per heavy atom. The standard InChI is InChI=1S/C12H13ClN2O2/c1-9(12(16)17)15-14-7-3-5-10-4-2-6-11(13)8-10/h2-6,8,14H,7H2,1H3,(H,16,17)/b5-3+,15-9+. The van der Waals surface area contributed by atoms with E-state index in [0.29, 0.717) is 11.6 Å². The summed E-state index contributed by atoms with van der Waals surface area (Å²) in [6, 6.07) is 7.43. The Balaban J connectivity index is 2.41. The van der Waals surface area contributed by atoms with Crippen LogP contribution in [0, 0.1) is 0 Å². The van der Waals surface area contributed by atoms with Crippen LogP contribution in [0.15, 0.2) is 35.4 Å². The zero-order valence-electron chi connectivity index (χ0n) is 9.35. The monoisotopic (exact) mass is 252 g/mol. The molecule has 0 aliphatic heterocycles. The molecule has 0 bridgehead atoms. The van der Waals surface area contributed by atoms with Crippen molar-refractivity contribution in [2.24, 2.45) is 5.10 Å². The van der Waals surface area contributed by atoms with E-state index in [0.717, 1.165) is 5.56 Å². The number of nitrogens with one attached hydrogen (secondary N) is 1. The van der Waals surface area contributed by atoms with Crippen LogP contribution in [-0.4, -0.2) is 23.3 Å². The van der Waals surface area contributed by atoms with Gasteiger partial charge in [0.1, 0.15) is 5.71 Å². The lowest BCUT2D eigenvalue weighted by molar-refractivity contribution is -0.129. The maximum atomic E-state index is 10.4. The number of carbonyl (C=O) groups is 1. The summed E-state index contributed by atoms with van der Waals surface area (Å²) < 4.78 is 0. The van der Waals surface area contributed by atoms with E-state index in [2.05, 4.69) is 10.5 Å². The van der Waals surface area contributed by atoms with Crippen LogP contribution in [0.4, 0.5) is 0 Å². The van der Waals surface area contributed by atoms with Crippen LogP contribution in [-0.2, 0) is 4.79 Å². The van der Waals surface area contributed by atoms with Crippen LogP contribution < -0.4 is 5.43 Å². The van der Waals surface area contributed by atoms with Gasteiger partial charge in [-0.25, -0.2) is 4.79 Å². The van der Waals surface area contributed by atoms with E-state index in [1.807, 2.05) is 30.4 Å². The predicted molar refractivity (Wildman–Crippen MR) is 69.2 cm³/mol. The number of benzene rings is 1. The molecule has 0 fully saturated rings. The highest BCUT2D eigenvalue weighted by molar-refractivity contribution is 6.34. The summed E-state index contributed by atoms with van der Waals surface area (Å²) >= 11 is 5.82. The third-order valence-electron chi connectivity index (χ3n) is 1.92. The molecule has 0 unspecified atom stereocenters. The second-order valence-corrected chi connectivity index (χ2v) is 3.76. The Morgan fingerprint density at radius 3 is 3.00 bits per heavy atom. The molecular weight excluding hydrogens is 240 g/mol. The minimum atomic E-state index is -1.03. The minimum Gasteiger partial charge on any atom is -0.477 e. The second kappa shape index (κ2) is 6.70. The lowest BCUT2D eigenvalue weighted by Crippen LogP contribution is -2.15. The molecule has 1 aromatic rings. The Bertz CT molecular complexity index is 456. The van der Waals surface area contributed by atoms with Crippen molar-refractivity contribution in [1.82, 2.24) is 5.43 Å². The molecule has 0 spiro atoms. The number of hydrogen-bond donors (Lipinski definition) is 2. The van der Waals surface area contributed by atoms with Crippen LogP contribution in [0.5, 0.6) is 0 Å². The zero-order valence-corrected chi connectivity index (χ0v) is 10.1. The quantitative estimate of drug-likeness (QED) is 0.481. The van der Waals surface area contributed by atoms with E-state index < -0.39 is 5.97 Å². The van der Waals surface area contributed by atoms with Gasteiger partial charge in [0.05, 0.1) is 6.54 Å². The van der Waals surface area contributed by atoms with Crippen molar-refractivity contribution in [3.63, 3.8) is 0 Å². The predicted octanol–water partition coefficient (Wildman–Crippen LogP) is 2.40. The van der Waals surface area contributed by atoms with Crippen molar-refractivity contribution >= 4 is 29.4 Å². The molecule has 0 atom stereocenters. The van der Waals surface area contributed by atoms with Gasteiger partial charge in [0.15, 0.2) is 0 Å². The lowest BCUT2D eigenvalue weighted by Gasteiger charge is -1.96. The third-order valence-corrected chi connectivity index (χ3v) is 2.16. The molecule has 0 aliphatic rings. The fourth-order valence-corrected chi connectivity index (χ4v) is 1.27. The van der Waals surface area contributed by atoms with Crippen molar-refractivity contribution in [1.29, 1.82) is 0 Å². The molecule has 90 valence electrons. The molecule has 4 nitrogen and oxygen atoms in total. The highest BCUT2D eigenvalue weighted by Gasteiger charge is 1.99. The van der Waals surface area contributed by atoms with Crippen molar-refractivity contribution in [3.05, 3.63) is 40.9 Å². The first-order chi connectivity index (χ1) is 8.09. The summed E-state index contributed by atoms with van der Waals surface area (Å²) in [4.78, 5) is 10.4. The average molecular weight is 253 g/mol. The van der Waals surface area contributed by atoms with Crippen molar-refractivity contribution in [2.45, 2.75) is 6.92 Å².